The van der Waals surface area contributed by atoms with Crippen molar-refractivity contribution in [1.82, 2.24) is 0 Å². The molecule has 0 aliphatic heterocycles. The van der Waals surface area contributed by atoms with E-state index in [0.29, 0.717) is 6.73 Å². The molecule has 2 heteroatoms. The van der Waals surface area contributed by atoms with E-state index in [0.717, 1.165) is 5.69 Å². The van der Waals surface area contributed by atoms with Crippen LogP contribution in [0, 0.1) is 6.92 Å². The summed E-state index contributed by atoms with van der Waals surface area (Å²) in [6, 6.07) is 8.25. The molecule has 1 aromatic carbocycles. The third-order valence-electron chi connectivity index (χ3n) is 1.71. The molecule has 0 aromatic heterocycles. The largest absolute Gasteiger partial charge is 0.363 e. The van der Waals surface area contributed by atoms with Gasteiger partial charge in [-0.05, 0) is 38.5 Å². The summed E-state index contributed by atoms with van der Waals surface area (Å²) in [6.45, 7) is 6.70. The normalized spacial score (nSPS) is 10.5. The maximum Gasteiger partial charge on any atom is 0.116 e. The zero-order valence-electron chi connectivity index (χ0n) is 8.50. The van der Waals surface area contributed by atoms with Gasteiger partial charge >= 0.3 is 0 Å². The van der Waals surface area contributed by atoms with E-state index < -0.39 is 0 Å². The van der Waals surface area contributed by atoms with Gasteiger partial charge in [0.05, 0.1) is 6.10 Å². The fraction of sp³-hybridized carbons (Fsp3) is 0.455. The first-order valence-electron chi connectivity index (χ1n) is 4.60. The van der Waals surface area contributed by atoms with E-state index in [2.05, 4.69) is 24.4 Å². The molecule has 1 N–H and O–H groups in total. The minimum atomic E-state index is 0.275. The molecule has 1 rings (SSSR count). The monoisotopic (exact) mass is 179 g/mol. The molecule has 0 spiro atoms. The number of nitrogens with one attached hydrogen (secondary N) is 1. The highest BCUT2D eigenvalue weighted by Gasteiger charge is 1.93. The van der Waals surface area contributed by atoms with Crippen molar-refractivity contribution in [3.05, 3.63) is 29.8 Å². The van der Waals surface area contributed by atoms with Crippen LogP contribution in [0.2, 0.25) is 0 Å². The molecule has 1 aromatic rings. The van der Waals surface area contributed by atoms with Gasteiger partial charge in [-0.15, -0.1) is 0 Å². The standard InChI is InChI=1S/C11H17NO/c1-9(2)13-8-12-11-6-4-5-10(3)7-11/h4-7,9,12H,8H2,1-3H3. The van der Waals surface area contributed by atoms with Crippen molar-refractivity contribution in [3.8, 4) is 0 Å². The van der Waals surface area contributed by atoms with E-state index in [9.17, 15) is 0 Å². The van der Waals surface area contributed by atoms with Crippen molar-refractivity contribution >= 4 is 5.69 Å². The van der Waals surface area contributed by atoms with Crippen molar-refractivity contribution in [1.29, 1.82) is 0 Å². The molecule has 72 valence electrons. The fourth-order valence-corrected chi connectivity index (χ4v) is 1.05. The predicted octanol–water partition coefficient (Wildman–Crippen LogP) is 2.79. The summed E-state index contributed by atoms with van der Waals surface area (Å²) in [5.41, 5.74) is 2.37. The summed E-state index contributed by atoms with van der Waals surface area (Å²) in [5.74, 6) is 0. The Bertz CT molecular complexity index is 258. The number of ether oxygens (including phenoxy) is 1. The van der Waals surface area contributed by atoms with Crippen LogP contribution in [-0.4, -0.2) is 12.8 Å². The topological polar surface area (TPSA) is 21.3 Å². The minimum Gasteiger partial charge on any atom is -0.363 e. The van der Waals surface area contributed by atoms with E-state index in [1.165, 1.54) is 5.56 Å². The molecular formula is C11H17NO. The van der Waals surface area contributed by atoms with Crippen LogP contribution in [0.25, 0.3) is 0 Å². The molecule has 0 amide bonds. The lowest BCUT2D eigenvalue weighted by molar-refractivity contribution is 0.0939. The van der Waals surface area contributed by atoms with Crippen LogP contribution in [0.4, 0.5) is 5.69 Å². The van der Waals surface area contributed by atoms with Crippen molar-refractivity contribution < 1.29 is 4.74 Å². The van der Waals surface area contributed by atoms with Gasteiger partial charge in [-0.2, -0.15) is 0 Å². The Hall–Kier alpha value is -1.02. The molecule has 0 heterocycles. The van der Waals surface area contributed by atoms with Gasteiger partial charge in [-0.1, -0.05) is 12.1 Å². The first-order valence-corrected chi connectivity index (χ1v) is 4.60. The van der Waals surface area contributed by atoms with Gasteiger partial charge in [-0.25, -0.2) is 0 Å². The van der Waals surface area contributed by atoms with E-state index in [-0.39, 0.29) is 6.10 Å². The first kappa shape index (κ1) is 10.1. The maximum absolute atomic E-state index is 5.37. The summed E-state index contributed by atoms with van der Waals surface area (Å²) < 4.78 is 5.37. The third kappa shape index (κ3) is 3.95. The van der Waals surface area contributed by atoms with Crippen LogP contribution in [0.5, 0.6) is 0 Å². The molecule has 13 heavy (non-hydrogen) atoms. The van der Waals surface area contributed by atoms with Crippen LogP contribution in [-0.2, 0) is 4.74 Å². The Labute approximate surface area is 79.9 Å². The molecule has 0 saturated heterocycles. The average Bonchev–Trinajstić information content (AvgIpc) is 2.03. The Morgan fingerprint density at radius 1 is 1.38 bits per heavy atom. The first-order chi connectivity index (χ1) is 6.18. The number of aryl methyl sites for hydroxylation is 1. The molecule has 0 saturated carbocycles. The quantitative estimate of drug-likeness (QED) is 0.718. The third-order valence-corrected chi connectivity index (χ3v) is 1.71. The molecule has 0 aliphatic rings. The van der Waals surface area contributed by atoms with E-state index in [1.54, 1.807) is 0 Å². The van der Waals surface area contributed by atoms with E-state index >= 15 is 0 Å². The summed E-state index contributed by atoms with van der Waals surface area (Å²) in [6.07, 6.45) is 0.275. The molecule has 0 radical (unpaired) electrons. The fourth-order valence-electron chi connectivity index (χ4n) is 1.05. The van der Waals surface area contributed by atoms with Gasteiger partial charge in [0.1, 0.15) is 6.73 Å². The maximum atomic E-state index is 5.37. The molecule has 0 bridgehead atoms. The van der Waals surface area contributed by atoms with Crippen molar-refractivity contribution in [2.75, 3.05) is 12.0 Å². The minimum absolute atomic E-state index is 0.275. The van der Waals surface area contributed by atoms with Gasteiger partial charge < -0.3 is 10.1 Å². The predicted molar refractivity (Wildman–Crippen MR) is 55.9 cm³/mol. The van der Waals surface area contributed by atoms with Gasteiger partial charge in [0, 0.05) is 5.69 Å². The van der Waals surface area contributed by atoms with Crippen LogP contribution >= 0.6 is 0 Å². The number of rotatable bonds is 4. The average molecular weight is 179 g/mol. The van der Waals surface area contributed by atoms with Gasteiger partial charge in [0.25, 0.3) is 0 Å². The highest BCUT2D eigenvalue weighted by Crippen LogP contribution is 2.08. The highest BCUT2D eigenvalue weighted by atomic mass is 16.5. The molecule has 0 unspecified atom stereocenters. The molecule has 0 aliphatic carbocycles. The molecule has 0 atom stereocenters. The number of hydrogen-bond acceptors (Lipinski definition) is 2. The zero-order valence-corrected chi connectivity index (χ0v) is 8.50. The number of hydrogen-bond donors (Lipinski definition) is 1. The van der Waals surface area contributed by atoms with E-state index in [4.69, 9.17) is 4.74 Å². The second kappa shape index (κ2) is 4.87. The molecule has 0 fully saturated rings. The van der Waals surface area contributed by atoms with Crippen LogP contribution in [0.15, 0.2) is 24.3 Å². The lowest BCUT2D eigenvalue weighted by Crippen LogP contribution is -2.11. The summed E-state index contributed by atoms with van der Waals surface area (Å²) >= 11 is 0. The van der Waals surface area contributed by atoms with Crippen LogP contribution < -0.4 is 5.32 Å². The summed E-state index contributed by atoms with van der Waals surface area (Å²) in [4.78, 5) is 0. The number of benzene rings is 1. The van der Waals surface area contributed by atoms with Crippen molar-refractivity contribution in [2.24, 2.45) is 0 Å². The Morgan fingerprint density at radius 3 is 2.77 bits per heavy atom. The smallest absolute Gasteiger partial charge is 0.116 e. The Kier molecular flexibility index (Phi) is 3.77. The summed E-state index contributed by atoms with van der Waals surface area (Å²) in [5, 5.41) is 3.19. The highest BCUT2D eigenvalue weighted by molar-refractivity contribution is 5.44. The summed E-state index contributed by atoms with van der Waals surface area (Å²) in [7, 11) is 0. The lowest BCUT2D eigenvalue weighted by atomic mass is 10.2. The van der Waals surface area contributed by atoms with Crippen molar-refractivity contribution in [2.45, 2.75) is 26.9 Å². The molecule has 2 nitrogen and oxygen atoms in total. The van der Waals surface area contributed by atoms with Crippen molar-refractivity contribution in [3.63, 3.8) is 0 Å². The molecular weight excluding hydrogens is 162 g/mol. The zero-order chi connectivity index (χ0) is 9.68. The van der Waals surface area contributed by atoms with Gasteiger partial charge in [0.2, 0.25) is 0 Å². The second-order valence-electron chi connectivity index (χ2n) is 3.41. The van der Waals surface area contributed by atoms with Crippen LogP contribution in [0.3, 0.4) is 0 Å². The van der Waals surface area contributed by atoms with E-state index in [1.807, 2.05) is 26.0 Å². The van der Waals surface area contributed by atoms with Crippen LogP contribution in [0.1, 0.15) is 19.4 Å². The Balaban J connectivity index is 2.37. The number of anilines is 1. The van der Waals surface area contributed by atoms with Gasteiger partial charge in [0.15, 0.2) is 0 Å². The lowest BCUT2D eigenvalue weighted by Gasteiger charge is -2.10. The second-order valence-corrected chi connectivity index (χ2v) is 3.41. The Morgan fingerprint density at radius 2 is 2.15 bits per heavy atom. The van der Waals surface area contributed by atoms with Gasteiger partial charge in [-0.3, -0.25) is 0 Å². The SMILES string of the molecule is Cc1cccc(NCOC(C)C)c1.